The first-order valence-electron chi connectivity index (χ1n) is 8.19. The van der Waals surface area contributed by atoms with Gasteiger partial charge >= 0.3 is 5.97 Å². The van der Waals surface area contributed by atoms with E-state index in [4.69, 9.17) is 16.3 Å². The molecule has 0 radical (unpaired) electrons. The van der Waals surface area contributed by atoms with E-state index in [-0.39, 0.29) is 28.9 Å². The Kier molecular flexibility index (Phi) is 6.57. The average molecular weight is 358 g/mol. The molecule has 1 aromatic rings. The number of quaternary nitrogens is 1. The van der Waals surface area contributed by atoms with Crippen LogP contribution in [0.2, 0.25) is 5.02 Å². The Morgan fingerprint density at radius 1 is 1.50 bits per heavy atom. The second kappa shape index (κ2) is 8.44. The lowest BCUT2D eigenvalue weighted by Gasteiger charge is -2.32. The molecule has 5 nitrogen and oxygen atoms in total. The molecule has 2 N–H and O–H groups in total. The fourth-order valence-electron chi connectivity index (χ4n) is 2.96. The molecule has 0 saturated carbocycles. The number of anilines is 1. The van der Waals surface area contributed by atoms with Crippen molar-refractivity contribution in [3.8, 4) is 0 Å². The van der Waals surface area contributed by atoms with Crippen molar-refractivity contribution in [2.45, 2.75) is 32.7 Å². The van der Waals surface area contributed by atoms with Gasteiger partial charge in [0.05, 0.1) is 24.7 Å². The summed E-state index contributed by atoms with van der Waals surface area (Å²) in [6, 6.07) is 3.74. The van der Waals surface area contributed by atoms with Crippen molar-refractivity contribution >= 4 is 29.2 Å². The van der Waals surface area contributed by atoms with Crippen molar-refractivity contribution in [1.29, 1.82) is 0 Å². The summed E-state index contributed by atoms with van der Waals surface area (Å²) in [7, 11) is 0. The molecule has 1 aliphatic rings. The zero-order valence-electron chi connectivity index (χ0n) is 13.9. The third-order valence-corrected chi connectivity index (χ3v) is 4.66. The van der Waals surface area contributed by atoms with Gasteiger partial charge in [0.2, 0.25) is 0 Å². The molecule has 1 unspecified atom stereocenters. The highest BCUT2D eigenvalue weighted by molar-refractivity contribution is 6.31. The second-order valence-electron chi connectivity index (χ2n) is 6.04. The van der Waals surface area contributed by atoms with Gasteiger partial charge in [0.15, 0.2) is 6.04 Å². The van der Waals surface area contributed by atoms with Crippen molar-refractivity contribution in [2.75, 3.05) is 25.0 Å². The standard InChI is InChI=1S/C17H22ClFN2O3/c1-3-24-17(23)12-5-4-8-21(10-12)11(2)16(22)20-13-6-7-15(19)14(18)9-13/h6-7,9,11-12H,3-5,8,10H2,1-2H3,(H,20,22)/p+1/t11-,12-/m0/s1. The van der Waals surface area contributed by atoms with Gasteiger partial charge in [0.25, 0.3) is 5.91 Å². The van der Waals surface area contributed by atoms with Gasteiger partial charge in [0.1, 0.15) is 11.7 Å². The lowest BCUT2D eigenvalue weighted by Crippen LogP contribution is -3.18. The highest BCUT2D eigenvalue weighted by atomic mass is 35.5. The number of amides is 1. The molecule has 1 heterocycles. The smallest absolute Gasteiger partial charge is 0.314 e. The van der Waals surface area contributed by atoms with Crippen LogP contribution < -0.4 is 10.2 Å². The van der Waals surface area contributed by atoms with Crippen molar-refractivity contribution in [3.63, 3.8) is 0 Å². The molecule has 1 saturated heterocycles. The van der Waals surface area contributed by atoms with Crippen LogP contribution in [0.3, 0.4) is 0 Å². The summed E-state index contributed by atoms with van der Waals surface area (Å²) in [5.74, 6) is -1.06. The molecule has 0 aromatic heterocycles. The number of benzene rings is 1. The number of rotatable bonds is 5. The zero-order chi connectivity index (χ0) is 17.7. The van der Waals surface area contributed by atoms with E-state index in [0.717, 1.165) is 24.3 Å². The van der Waals surface area contributed by atoms with Gasteiger partial charge in [-0.3, -0.25) is 9.59 Å². The minimum absolute atomic E-state index is 0.0341. The topological polar surface area (TPSA) is 59.8 Å². The average Bonchev–Trinajstić information content (AvgIpc) is 2.57. The molecule has 1 aromatic carbocycles. The number of esters is 1. The van der Waals surface area contributed by atoms with Crippen molar-refractivity contribution < 1.29 is 23.6 Å². The van der Waals surface area contributed by atoms with Crippen LogP contribution in [-0.4, -0.2) is 37.6 Å². The molecule has 24 heavy (non-hydrogen) atoms. The Bertz CT molecular complexity index is 611. The lowest BCUT2D eigenvalue weighted by molar-refractivity contribution is -0.921. The van der Waals surface area contributed by atoms with E-state index in [1.54, 1.807) is 6.92 Å². The first-order valence-corrected chi connectivity index (χ1v) is 8.57. The highest BCUT2D eigenvalue weighted by Gasteiger charge is 2.34. The van der Waals surface area contributed by atoms with Gasteiger partial charge < -0.3 is 15.0 Å². The maximum atomic E-state index is 13.2. The highest BCUT2D eigenvalue weighted by Crippen LogP contribution is 2.19. The fourth-order valence-corrected chi connectivity index (χ4v) is 3.14. The van der Waals surface area contributed by atoms with Gasteiger partial charge in [-0.15, -0.1) is 0 Å². The fraction of sp³-hybridized carbons (Fsp3) is 0.529. The molecular weight excluding hydrogens is 335 g/mol. The molecule has 2 rings (SSSR count). The molecular formula is C17H23ClFN2O3+. The SMILES string of the molecule is CCOC(=O)[C@H]1CCC[NH+]([C@@H](C)C(=O)Nc2ccc(F)c(Cl)c2)C1. The number of carbonyl (C=O) groups is 2. The maximum Gasteiger partial charge on any atom is 0.314 e. The van der Waals surface area contributed by atoms with Crippen LogP contribution in [0, 0.1) is 11.7 Å². The predicted octanol–water partition coefficient (Wildman–Crippen LogP) is 1.66. The zero-order valence-corrected chi connectivity index (χ0v) is 14.7. The van der Waals surface area contributed by atoms with Crippen LogP contribution in [0.4, 0.5) is 10.1 Å². The first kappa shape index (κ1) is 18.7. The summed E-state index contributed by atoms with van der Waals surface area (Å²) in [6.45, 7) is 5.39. The van der Waals surface area contributed by atoms with Crippen molar-refractivity contribution in [3.05, 3.63) is 29.0 Å². The normalized spacial score (nSPS) is 21.8. The van der Waals surface area contributed by atoms with Crippen LogP contribution in [0.1, 0.15) is 26.7 Å². The molecule has 7 heteroatoms. The molecule has 132 valence electrons. The summed E-state index contributed by atoms with van der Waals surface area (Å²) in [5.41, 5.74) is 0.455. The van der Waals surface area contributed by atoms with Gasteiger partial charge in [-0.05, 0) is 44.9 Å². The number of likely N-dealkylation sites (tertiary alicyclic amines) is 1. The van der Waals surface area contributed by atoms with Gasteiger partial charge in [-0.2, -0.15) is 0 Å². The lowest BCUT2D eigenvalue weighted by atomic mass is 9.97. The number of ether oxygens (including phenoxy) is 1. The number of piperidine rings is 1. The number of nitrogens with one attached hydrogen (secondary N) is 2. The quantitative estimate of drug-likeness (QED) is 0.788. The van der Waals surface area contributed by atoms with Gasteiger partial charge in [0, 0.05) is 5.69 Å². The molecule has 1 amide bonds. The molecule has 0 spiro atoms. The van der Waals surface area contributed by atoms with E-state index in [9.17, 15) is 14.0 Å². The Labute approximate surface area is 146 Å². The summed E-state index contributed by atoms with van der Waals surface area (Å²) >= 11 is 5.73. The van der Waals surface area contributed by atoms with Gasteiger partial charge in [-0.1, -0.05) is 11.6 Å². The Morgan fingerprint density at radius 2 is 2.25 bits per heavy atom. The first-order chi connectivity index (χ1) is 11.4. The van der Waals surface area contributed by atoms with Crippen LogP contribution in [0.5, 0.6) is 0 Å². The van der Waals surface area contributed by atoms with Crippen LogP contribution in [0.15, 0.2) is 18.2 Å². The number of halogens is 2. The summed E-state index contributed by atoms with van der Waals surface area (Å²) < 4.78 is 18.3. The Hall–Kier alpha value is -1.66. The minimum Gasteiger partial charge on any atom is -0.466 e. The van der Waals surface area contributed by atoms with Crippen LogP contribution >= 0.6 is 11.6 Å². The van der Waals surface area contributed by atoms with E-state index in [1.165, 1.54) is 18.2 Å². The van der Waals surface area contributed by atoms with E-state index in [2.05, 4.69) is 5.32 Å². The molecule has 3 atom stereocenters. The predicted molar refractivity (Wildman–Crippen MR) is 89.6 cm³/mol. The Morgan fingerprint density at radius 3 is 2.92 bits per heavy atom. The van der Waals surface area contributed by atoms with E-state index in [1.807, 2.05) is 6.92 Å². The van der Waals surface area contributed by atoms with Gasteiger partial charge in [-0.25, -0.2) is 4.39 Å². The van der Waals surface area contributed by atoms with Crippen molar-refractivity contribution in [1.82, 2.24) is 0 Å². The summed E-state index contributed by atoms with van der Waals surface area (Å²) in [5, 5.41) is 2.72. The summed E-state index contributed by atoms with van der Waals surface area (Å²) in [4.78, 5) is 25.4. The number of carbonyl (C=O) groups excluding carboxylic acids is 2. The largest absolute Gasteiger partial charge is 0.466 e. The molecule has 1 fully saturated rings. The maximum absolute atomic E-state index is 13.2. The number of hydrogen-bond acceptors (Lipinski definition) is 3. The Balaban J connectivity index is 1.96. The summed E-state index contributed by atoms with van der Waals surface area (Å²) in [6.07, 6.45) is 1.67. The van der Waals surface area contributed by atoms with E-state index in [0.29, 0.717) is 18.8 Å². The third-order valence-electron chi connectivity index (χ3n) is 4.37. The van der Waals surface area contributed by atoms with E-state index < -0.39 is 5.82 Å². The molecule has 0 bridgehead atoms. The monoisotopic (exact) mass is 357 g/mol. The van der Waals surface area contributed by atoms with E-state index >= 15 is 0 Å². The third kappa shape index (κ3) is 4.68. The minimum atomic E-state index is -0.526. The van der Waals surface area contributed by atoms with Crippen LogP contribution in [0.25, 0.3) is 0 Å². The molecule has 0 aliphatic carbocycles. The van der Waals surface area contributed by atoms with Crippen molar-refractivity contribution in [2.24, 2.45) is 5.92 Å². The van der Waals surface area contributed by atoms with Crippen LogP contribution in [-0.2, 0) is 14.3 Å². The second-order valence-corrected chi connectivity index (χ2v) is 6.45. The number of hydrogen-bond donors (Lipinski definition) is 2. The molecule has 1 aliphatic heterocycles.